The number of aryl methyl sites for hydroxylation is 1. The van der Waals surface area contributed by atoms with E-state index in [1.807, 2.05) is 18.3 Å². The van der Waals surface area contributed by atoms with Crippen molar-refractivity contribution in [2.75, 3.05) is 31.6 Å². The first-order valence-corrected chi connectivity index (χ1v) is 10.5. The van der Waals surface area contributed by atoms with Crippen LogP contribution in [0.1, 0.15) is 22.6 Å². The third-order valence-corrected chi connectivity index (χ3v) is 5.18. The number of hydrogen-bond donors (Lipinski definition) is 2. The first-order valence-electron chi connectivity index (χ1n) is 8.29. The first kappa shape index (κ1) is 18.9. The molecule has 2 rings (SSSR count). The lowest BCUT2D eigenvalue weighted by molar-refractivity contribution is 0.507. The minimum absolute atomic E-state index is 0.801. The highest BCUT2D eigenvalue weighted by molar-refractivity contribution is 7.98. The van der Waals surface area contributed by atoms with E-state index in [4.69, 9.17) is 4.42 Å². The molecule has 0 bridgehead atoms. The lowest BCUT2D eigenvalue weighted by Crippen LogP contribution is -2.39. The standard InChI is InChI=1S/C17H26N4OS2/c1-3-15-13-21-16(24-15)7-9-19-17(20-10-12-23-2)18-8-6-14-5-4-11-22-14/h4-5,11,13H,3,6-10,12H2,1-2H3,(H2,18,19,20). The van der Waals surface area contributed by atoms with Crippen LogP contribution in [0.15, 0.2) is 34.0 Å². The minimum atomic E-state index is 0.801. The number of furan rings is 1. The maximum absolute atomic E-state index is 5.36. The molecule has 24 heavy (non-hydrogen) atoms. The second-order valence-electron chi connectivity index (χ2n) is 5.23. The van der Waals surface area contributed by atoms with Gasteiger partial charge in [-0.05, 0) is 24.8 Å². The maximum Gasteiger partial charge on any atom is 0.191 e. The van der Waals surface area contributed by atoms with Crippen LogP contribution in [0.5, 0.6) is 0 Å². The van der Waals surface area contributed by atoms with Crippen molar-refractivity contribution in [3.63, 3.8) is 0 Å². The highest BCUT2D eigenvalue weighted by Gasteiger charge is 2.03. The molecule has 0 spiro atoms. The lowest BCUT2D eigenvalue weighted by atomic mass is 10.3. The largest absolute Gasteiger partial charge is 0.469 e. The summed E-state index contributed by atoms with van der Waals surface area (Å²) in [6.45, 7) is 4.61. The third kappa shape index (κ3) is 6.97. The van der Waals surface area contributed by atoms with Crippen LogP contribution in [0, 0.1) is 0 Å². The Bertz CT molecular complexity index is 596. The highest BCUT2D eigenvalue weighted by Crippen LogP contribution is 2.13. The maximum atomic E-state index is 5.36. The van der Waals surface area contributed by atoms with Crippen molar-refractivity contribution in [3.8, 4) is 0 Å². The van der Waals surface area contributed by atoms with E-state index in [0.717, 1.165) is 56.4 Å². The summed E-state index contributed by atoms with van der Waals surface area (Å²) in [5, 5.41) is 7.95. The number of thiazole rings is 1. The third-order valence-electron chi connectivity index (χ3n) is 3.39. The van der Waals surface area contributed by atoms with Gasteiger partial charge in [-0.15, -0.1) is 11.3 Å². The van der Waals surface area contributed by atoms with E-state index < -0.39 is 0 Å². The number of guanidine groups is 1. The van der Waals surface area contributed by atoms with Gasteiger partial charge in [0.15, 0.2) is 5.96 Å². The van der Waals surface area contributed by atoms with Gasteiger partial charge >= 0.3 is 0 Å². The Kier molecular flexibility index (Phi) is 8.76. The molecule has 2 heterocycles. The molecule has 0 saturated carbocycles. The quantitative estimate of drug-likeness (QED) is 0.384. The molecule has 0 aliphatic carbocycles. The van der Waals surface area contributed by atoms with Crippen molar-refractivity contribution >= 4 is 29.1 Å². The van der Waals surface area contributed by atoms with Crippen molar-refractivity contribution in [2.45, 2.75) is 26.2 Å². The monoisotopic (exact) mass is 366 g/mol. The summed E-state index contributed by atoms with van der Waals surface area (Å²) >= 11 is 3.60. The molecule has 0 amide bonds. The van der Waals surface area contributed by atoms with E-state index in [9.17, 15) is 0 Å². The fraction of sp³-hybridized carbons (Fsp3) is 0.529. The highest BCUT2D eigenvalue weighted by atomic mass is 32.2. The van der Waals surface area contributed by atoms with Gasteiger partial charge in [-0.25, -0.2) is 4.98 Å². The van der Waals surface area contributed by atoms with Crippen molar-refractivity contribution in [1.82, 2.24) is 15.6 Å². The van der Waals surface area contributed by atoms with Crippen LogP contribution in [0.4, 0.5) is 0 Å². The Morgan fingerprint density at radius 1 is 1.33 bits per heavy atom. The van der Waals surface area contributed by atoms with Crippen LogP contribution in [0.25, 0.3) is 0 Å². The van der Waals surface area contributed by atoms with Crippen molar-refractivity contribution in [1.29, 1.82) is 0 Å². The summed E-state index contributed by atoms with van der Waals surface area (Å²) < 4.78 is 5.36. The van der Waals surface area contributed by atoms with E-state index in [1.54, 1.807) is 29.4 Å². The number of rotatable bonds is 10. The summed E-state index contributed by atoms with van der Waals surface area (Å²) in [6, 6.07) is 3.91. The minimum Gasteiger partial charge on any atom is -0.469 e. The summed E-state index contributed by atoms with van der Waals surface area (Å²) in [6.07, 6.45) is 8.62. The smallest absolute Gasteiger partial charge is 0.191 e. The van der Waals surface area contributed by atoms with Crippen LogP contribution in [-0.2, 0) is 19.3 Å². The molecule has 0 aliphatic heterocycles. The predicted molar refractivity (Wildman–Crippen MR) is 104 cm³/mol. The molecule has 0 radical (unpaired) electrons. The lowest BCUT2D eigenvalue weighted by Gasteiger charge is -2.11. The predicted octanol–water partition coefficient (Wildman–Crippen LogP) is 2.98. The zero-order chi connectivity index (χ0) is 17.0. The average Bonchev–Trinajstić information content (AvgIpc) is 3.26. The molecule has 132 valence electrons. The molecular weight excluding hydrogens is 340 g/mol. The summed E-state index contributed by atoms with van der Waals surface area (Å²) in [5.74, 6) is 2.88. The van der Waals surface area contributed by atoms with Crippen LogP contribution < -0.4 is 10.6 Å². The number of thioether (sulfide) groups is 1. The van der Waals surface area contributed by atoms with E-state index in [-0.39, 0.29) is 0 Å². The fourth-order valence-corrected chi connectivity index (χ4v) is 3.23. The topological polar surface area (TPSA) is 62.5 Å². The van der Waals surface area contributed by atoms with Crippen LogP contribution in [0.3, 0.4) is 0 Å². The Labute approximate surface area is 152 Å². The fourth-order valence-electron chi connectivity index (χ4n) is 2.10. The van der Waals surface area contributed by atoms with Gasteiger partial charge in [0.2, 0.25) is 0 Å². The number of nitrogens with one attached hydrogen (secondary N) is 2. The average molecular weight is 367 g/mol. The van der Waals surface area contributed by atoms with Crippen LogP contribution in [0.2, 0.25) is 0 Å². The molecule has 0 aromatic carbocycles. The molecule has 2 aromatic rings. The van der Waals surface area contributed by atoms with E-state index in [0.29, 0.717) is 0 Å². The van der Waals surface area contributed by atoms with Gasteiger partial charge in [-0.1, -0.05) is 6.92 Å². The zero-order valence-electron chi connectivity index (χ0n) is 14.4. The van der Waals surface area contributed by atoms with Crippen LogP contribution >= 0.6 is 23.1 Å². The Hall–Kier alpha value is -1.47. The Morgan fingerprint density at radius 2 is 2.17 bits per heavy atom. The summed E-state index contributed by atoms with van der Waals surface area (Å²) in [4.78, 5) is 10.4. The van der Waals surface area contributed by atoms with Crippen molar-refractivity contribution < 1.29 is 4.42 Å². The first-order chi connectivity index (χ1) is 11.8. The van der Waals surface area contributed by atoms with Gasteiger partial charge in [0.1, 0.15) is 5.76 Å². The molecule has 7 heteroatoms. The number of hydrogen-bond acceptors (Lipinski definition) is 5. The van der Waals surface area contributed by atoms with Gasteiger partial charge in [0.05, 0.1) is 17.8 Å². The number of aromatic nitrogens is 1. The molecule has 0 aliphatic rings. The molecule has 0 saturated heterocycles. The normalized spacial score (nSPS) is 11.7. The Balaban J connectivity index is 1.75. The molecule has 2 N–H and O–H groups in total. The zero-order valence-corrected chi connectivity index (χ0v) is 16.0. The number of nitrogens with zero attached hydrogens (tertiary/aromatic N) is 2. The van der Waals surface area contributed by atoms with Gasteiger partial charge in [-0.3, -0.25) is 4.99 Å². The van der Waals surface area contributed by atoms with Gasteiger partial charge in [0.25, 0.3) is 0 Å². The van der Waals surface area contributed by atoms with Crippen LogP contribution in [-0.4, -0.2) is 42.6 Å². The molecule has 0 atom stereocenters. The second-order valence-corrected chi connectivity index (χ2v) is 7.42. The van der Waals surface area contributed by atoms with Gasteiger partial charge < -0.3 is 15.1 Å². The molecule has 5 nitrogen and oxygen atoms in total. The summed E-state index contributed by atoms with van der Waals surface area (Å²) in [5.41, 5.74) is 0. The number of aliphatic imine (C=N–C) groups is 1. The van der Waals surface area contributed by atoms with Crippen molar-refractivity contribution in [3.05, 3.63) is 40.2 Å². The van der Waals surface area contributed by atoms with E-state index >= 15 is 0 Å². The van der Waals surface area contributed by atoms with Crippen molar-refractivity contribution in [2.24, 2.45) is 4.99 Å². The second kappa shape index (κ2) is 11.1. The van der Waals surface area contributed by atoms with Gasteiger partial charge in [0, 0.05) is 42.8 Å². The molecule has 2 aromatic heterocycles. The van der Waals surface area contributed by atoms with E-state index in [1.165, 1.54) is 9.88 Å². The van der Waals surface area contributed by atoms with Gasteiger partial charge in [-0.2, -0.15) is 11.8 Å². The SMILES string of the molecule is CCc1cnc(CCNC(=NCCSC)NCCc2ccco2)s1. The Morgan fingerprint density at radius 3 is 2.83 bits per heavy atom. The molecule has 0 fully saturated rings. The molecule has 0 unspecified atom stereocenters. The summed E-state index contributed by atoms with van der Waals surface area (Å²) in [7, 11) is 0. The van der Waals surface area contributed by atoms with E-state index in [2.05, 4.69) is 33.8 Å². The molecular formula is C17H26N4OS2.